The van der Waals surface area contributed by atoms with Gasteiger partial charge >= 0.3 is 5.97 Å². The van der Waals surface area contributed by atoms with Gasteiger partial charge in [-0.2, -0.15) is 10.5 Å². The van der Waals surface area contributed by atoms with E-state index < -0.39 is 11.9 Å². The average Bonchev–Trinajstić information content (AvgIpc) is 2.73. The molecule has 1 heterocycles. The third-order valence-electron chi connectivity index (χ3n) is 4.67. The highest BCUT2D eigenvalue weighted by molar-refractivity contribution is 5.92. The largest absolute Gasteiger partial charge is 0.463 e. The first-order valence-corrected chi connectivity index (χ1v) is 9.06. The molecule has 0 aliphatic carbocycles. The van der Waals surface area contributed by atoms with Crippen LogP contribution in [0, 0.1) is 22.7 Å². The van der Waals surface area contributed by atoms with Crippen LogP contribution in [0.5, 0.6) is 0 Å². The van der Waals surface area contributed by atoms with Gasteiger partial charge in [0.2, 0.25) is 5.88 Å². The maximum atomic E-state index is 12.6. The van der Waals surface area contributed by atoms with Crippen LogP contribution < -0.4 is 5.73 Å². The van der Waals surface area contributed by atoms with Gasteiger partial charge in [0.1, 0.15) is 17.4 Å². The molecule has 6 heteroatoms. The highest BCUT2D eigenvalue weighted by atomic mass is 16.5. The molecule has 0 radical (unpaired) electrons. The van der Waals surface area contributed by atoms with E-state index >= 15 is 0 Å². The average molecular weight is 385 g/mol. The van der Waals surface area contributed by atoms with Gasteiger partial charge in [0.05, 0.1) is 29.7 Å². The molecule has 0 saturated heterocycles. The first-order chi connectivity index (χ1) is 14.0. The Balaban J connectivity index is 2.05. The van der Waals surface area contributed by atoms with E-state index in [9.17, 15) is 10.1 Å². The number of nitrogens with zero attached hydrogens (tertiary/aromatic N) is 2. The molecule has 1 aliphatic heterocycles. The van der Waals surface area contributed by atoms with Gasteiger partial charge in [-0.05, 0) is 42.7 Å². The molecule has 29 heavy (non-hydrogen) atoms. The van der Waals surface area contributed by atoms with Gasteiger partial charge in [-0.15, -0.1) is 0 Å². The lowest BCUT2D eigenvalue weighted by Crippen LogP contribution is -2.25. The second kappa shape index (κ2) is 8.33. The Morgan fingerprint density at radius 2 is 1.86 bits per heavy atom. The summed E-state index contributed by atoms with van der Waals surface area (Å²) in [5.41, 5.74) is 9.44. The van der Waals surface area contributed by atoms with Crippen molar-refractivity contribution in [2.45, 2.75) is 19.8 Å². The normalized spacial score (nSPS) is 15.9. The van der Waals surface area contributed by atoms with E-state index in [4.69, 9.17) is 20.5 Å². The molecule has 1 atom stereocenters. The summed E-state index contributed by atoms with van der Waals surface area (Å²) in [6.45, 7) is 3.55. The van der Waals surface area contributed by atoms with Crippen molar-refractivity contribution < 1.29 is 14.3 Å². The van der Waals surface area contributed by atoms with E-state index in [1.165, 1.54) is 0 Å². The van der Waals surface area contributed by atoms with Gasteiger partial charge in [-0.3, -0.25) is 0 Å². The quantitative estimate of drug-likeness (QED) is 0.800. The molecule has 144 valence electrons. The number of nitriles is 2. The van der Waals surface area contributed by atoms with Crippen LogP contribution in [0.3, 0.4) is 0 Å². The van der Waals surface area contributed by atoms with Crippen molar-refractivity contribution in [3.05, 3.63) is 82.4 Å². The van der Waals surface area contributed by atoms with Crippen molar-refractivity contribution in [1.82, 2.24) is 0 Å². The molecule has 0 spiro atoms. The number of hydrogen-bond donors (Lipinski definition) is 1. The van der Waals surface area contributed by atoms with Gasteiger partial charge in [0.25, 0.3) is 0 Å². The molecule has 0 fully saturated rings. The Morgan fingerprint density at radius 3 is 2.48 bits per heavy atom. The molecule has 2 aromatic rings. The van der Waals surface area contributed by atoms with E-state index in [1.807, 2.05) is 36.4 Å². The molecule has 0 aromatic heterocycles. The molecule has 1 unspecified atom stereocenters. The van der Waals surface area contributed by atoms with Gasteiger partial charge in [-0.1, -0.05) is 36.4 Å². The van der Waals surface area contributed by atoms with Gasteiger partial charge in [-0.25, -0.2) is 4.79 Å². The number of rotatable bonds is 4. The Morgan fingerprint density at radius 1 is 1.14 bits per heavy atom. The minimum atomic E-state index is -0.674. The SMILES string of the molecule is CCOC(=O)C1=C(C)OC(N)=C(C#N)C1c1ccc(-c2cccc(C#N)c2)cc1. The van der Waals surface area contributed by atoms with Crippen molar-refractivity contribution in [2.24, 2.45) is 5.73 Å². The molecule has 6 nitrogen and oxygen atoms in total. The molecular weight excluding hydrogens is 366 g/mol. The highest BCUT2D eigenvalue weighted by Crippen LogP contribution is 2.40. The number of hydrogen-bond acceptors (Lipinski definition) is 6. The molecule has 2 aromatic carbocycles. The topological polar surface area (TPSA) is 109 Å². The molecule has 2 N–H and O–H groups in total. The molecule has 3 rings (SSSR count). The molecular formula is C23H19N3O3. The zero-order chi connectivity index (χ0) is 21.0. The van der Waals surface area contributed by atoms with E-state index in [1.54, 1.807) is 26.0 Å². The standard InChI is InChI=1S/C23H19N3O3/c1-3-28-23(27)20-14(2)29-22(26)19(13-25)21(20)17-9-7-16(8-10-17)18-6-4-5-15(11-18)12-24/h4-11,21H,3,26H2,1-2H3. The summed E-state index contributed by atoms with van der Waals surface area (Å²) in [5.74, 6) is -0.919. The Labute approximate surface area is 169 Å². The van der Waals surface area contributed by atoms with Gasteiger partial charge in [0.15, 0.2) is 0 Å². The van der Waals surface area contributed by atoms with Crippen LogP contribution in [-0.2, 0) is 14.3 Å². The monoisotopic (exact) mass is 385 g/mol. The predicted octanol–water partition coefficient (Wildman–Crippen LogP) is 3.87. The van der Waals surface area contributed by atoms with Crippen molar-refractivity contribution in [3.63, 3.8) is 0 Å². The summed E-state index contributed by atoms with van der Waals surface area (Å²) in [5, 5.41) is 18.7. The first kappa shape index (κ1) is 19.7. The molecule has 0 bridgehead atoms. The molecule has 0 amide bonds. The lowest BCUT2D eigenvalue weighted by atomic mass is 9.82. The van der Waals surface area contributed by atoms with Gasteiger partial charge < -0.3 is 15.2 Å². The van der Waals surface area contributed by atoms with E-state index in [-0.39, 0.29) is 23.6 Å². The second-order valence-corrected chi connectivity index (χ2v) is 6.43. The van der Waals surface area contributed by atoms with Crippen molar-refractivity contribution in [1.29, 1.82) is 10.5 Å². The smallest absolute Gasteiger partial charge is 0.338 e. The summed E-state index contributed by atoms with van der Waals surface area (Å²) in [7, 11) is 0. The van der Waals surface area contributed by atoms with E-state index in [2.05, 4.69) is 12.1 Å². The summed E-state index contributed by atoms with van der Waals surface area (Å²) < 4.78 is 10.6. The third kappa shape index (κ3) is 3.83. The van der Waals surface area contributed by atoms with Crippen LogP contribution in [0.1, 0.15) is 30.9 Å². The number of carbonyl (C=O) groups is 1. The van der Waals surface area contributed by atoms with Crippen LogP contribution in [-0.4, -0.2) is 12.6 Å². The van der Waals surface area contributed by atoms with Crippen molar-refractivity contribution >= 4 is 5.97 Å². The van der Waals surface area contributed by atoms with Crippen molar-refractivity contribution in [2.75, 3.05) is 6.61 Å². The fraction of sp³-hybridized carbons (Fsp3) is 0.174. The van der Waals surface area contributed by atoms with Crippen LogP contribution in [0.25, 0.3) is 11.1 Å². The predicted molar refractivity (Wildman–Crippen MR) is 107 cm³/mol. The maximum Gasteiger partial charge on any atom is 0.338 e. The summed E-state index contributed by atoms with van der Waals surface area (Å²) >= 11 is 0. The first-order valence-electron chi connectivity index (χ1n) is 9.06. The van der Waals surface area contributed by atoms with Crippen LogP contribution in [0.2, 0.25) is 0 Å². The number of esters is 1. The zero-order valence-electron chi connectivity index (χ0n) is 16.1. The number of nitrogens with two attached hydrogens (primary N) is 1. The minimum Gasteiger partial charge on any atom is -0.463 e. The minimum absolute atomic E-state index is 0.0196. The van der Waals surface area contributed by atoms with Crippen molar-refractivity contribution in [3.8, 4) is 23.3 Å². The Bertz CT molecular complexity index is 1100. The lowest BCUT2D eigenvalue weighted by molar-refractivity contribution is -0.139. The fourth-order valence-electron chi connectivity index (χ4n) is 3.32. The third-order valence-corrected chi connectivity index (χ3v) is 4.67. The van der Waals surface area contributed by atoms with E-state index in [0.717, 1.165) is 16.7 Å². The van der Waals surface area contributed by atoms with Crippen LogP contribution >= 0.6 is 0 Å². The second-order valence-electron chi connectivity index (χ2n) is 6.43. The number of allylic oxidation sites excluding steroid dienone is 2. The number of ether oxygens (including phenoxy) is 2. The van der Waals surface area contributed by atoms with Crippen LogP contribution in [0.4, 0.5) is 0 Å². The molecule has 0 saturated carbocycles. The number of benzene rings is 2. The summed E-state index contributed by atoms with van der Waals surface area (Å²) in [6, 6.07) is 18.9. The van der Waals surface area contributed by atoms with Crippen LogP contribution in [0.15, 0.2) is 71.3 Å². The fourth-order valence-corrected chi connectivity index (χ4v) is 3.32. The van der Waals surface area contributed by atoms with E-state index in [0.29, 0.717) is 11.3 Å². The summed E-state index contributed by atoms with van der Waals surface area (Å²) in [4.78, 5) is 12.6. The zero-order valence-corrected chi connectivity index (χ0v) is 16.1. The summed E-state index contributed by atoms with van der Waals surface area (Å²) in [6.07, 6.45) is 0. The lowest BCUT2D eigenvalue weighted by Gasteiger charge is -2.27. The highest BCUT2D eigenvalue weighted by Gasteiger charge is 2.36. The van der Waals surface area contributed by atoms with Gasteiger partial charge in [0, 0.05) is 0 Å². The Kier molecular flexibility index (Phi) is 5.66. The number of carbonyl (C=O) groups excluding carboxylic acids is 1. The Hall–Kier alpha value is -4.03. The molecule has 1 aliphatic rings. The maximum absolute atomic E-state index is 12.6.